The minimum Gasteiger partial charge on any atom is -0.451 e. The minimum absolute atomic E-state index is 0.0625. The lowest BCUT2D eigenvalue weighted by atomic mass is 9.47. The van der Waals surface area contributed by atoms with E-state index >= 15 is 0 Å². The van der Waals surface area contributed by atoms with Crippen molar-refractivity contribution < 1.29 is 19.4 Å². The lowest BCUT2D eigenvalue weighted by molar-refractivity contribution is -0.171. The first-order valence-corrected chi connectivity index (χ1v) is 11.3. The van der Waals surface area contributed by atoms with Gasteiger partial charge in [0.05, 0.1) is 6.61 Å². The van der Waals surface area contributed by atoms with Crippen LogP contribution in [0.4, 0.5) is 0 Å². The molecule has 0 aromatic heterocycles. The minimum atomic E-state index is -0.370. The molecule has 28 heavy (non-hydrogen) atoms. The summed E-state index contributed by atoms with van der Waals surface area (Å²) in [5, 5.41) is 10.1. The number of ether oxygens (including phenoxy) is 1. The predicted molar refractivity (Wildman–Crippen MR) is 103 cm³/mol. The normalized spacial score (nSPS) is 50.9. The molecule has 5 aliphatic carbocycles. The van der Waals surface area contributed by atoms with Gasteiger partial charge in [0.2, 0.25) is 0 Å². The molecule has 0 saturated heterocycles. The summed E-state index contributed by atoms with van der Waals surface area (Å²) in [7, 11) is 0. The van der Waals surface area contributed by atoms with Crippen LogP contribution in [0.2, 0.25) is 0 Å². The Morgan fingerprint density at radius 1 is 1.21 bits per heavy atom. The molecule has 4 saturated carbocycles. The van der Waals surface area contributed by atoms with Crippen LogP contribution in [-0.4, -0.2) is 29.1 Å². The van der Waals surface area contributed by atoms with Crippen LogP contribution in [0.5, 0.6) is 0 Å². The summed E-state index contributed by atoms with van der Waals surface area (Å²) in [6.45, 7) is 2.39. The first kappa shape index (κ1) is 17.4. The Bertz CT molecular complexity index is 824. The van der Waals surface area contributed by atoms with Gasteiger partial charge in [-0.2, -0.15) is 0 Å². The fraction of sp³-hybridized carbons (Fsp3) is 0.750. The summed E-state index contributed by atoms with van der Waals surface area (Å²) < 4.78 is 6.12. The molecule has 1 spiro atoms. The van der Waals surface area contributed by atoms with Crippen molar-refractivity contribution in [2.75, 3.05) is 6.61 Å². The maximum atomic E-state index is 12.1. The average molecular weight is 383 g/mol. The highest BCUT2D eigenvalue weighted by molar-refractivity contribution is 5.86. The first-order chi connectivity index (χ1) is 13.5. The fourth-order valence-corrected chi connectivity index (χ4v) is 8.86. The number of fused-ring (bicyclic) bond motifs is 9. The highest BCUT2D eigenvalue weighted by Gasteiger charge is 2.78. The molecule has 6 aliphatic rings. The van der Waals surface area contributed by atoms with E-state index in [1.165, 1.54) is 18.4 Å². The number of hydrogen-bond donors (Lipinski definition) is 1. The molecule has 8 atom stereocenters. The SMILES string of the molecule is CC[C@]12CC[C@H]3[C@@H](CC(CO)=C4CC(=O)CC[C@@H]43)[C@@H]1[C@@H]1C[C@@H]1[C@@]21C=CC(=O)O1. The van der Waals surface area contributed by atoms with Crippen molar-refractivity contribution in [3.8, 4) is 0 Å². The molecular formula is C24H30O4. The van der Waals surface area contributed by atoms with Gasteiger partial charge in [-0.05, 0) is 79.8 Å². The Balaban J connectivity index is 1.43. The summed E-state index contributed by atoms with van der Waals surface area (Å²) in [4.78, 5) is 24.2. The molecule has 6 rings (SSSR count). The maximum Gasteiger partial charge on any atom is 0.331 e. The summed E-state index contributed by atoms with van der Waals surface area (Å²) in [5.74, 6) is 3.63. The molecule has 0 aromatic carbocycles. The Kier molecular flexibility index (Phi) is 3.48. The van der Waals surface area contributed by atoms with Gasteiger partial charge in [-0.1, -0.05) is 12.5 Å². The molecule has 0 aromatic rings. The number of aliphatic hydroxyl groups excluding tert-OH is 1. The zero-order valence-corrected chi connectivity index (χ0v) is 16.7. The zero-order valence-electron chi connectivity index (χ0n) is 16.7. The molecule has 150 valence electrons. The molecular weight excluding hydrogens is 352 g/mol. The summed E-state index contributed by atoms with van der Waals surface area (Å²) in [5.41, 5.74) is 2.14. The van der Waals surface area contributed by atoms with Crippen LogP contribution < -0.4 is 0 Å². The molecule has 4 fully saturated rings. The first-order valence-electron chi connectivity index (χ1n) is 11.3. The number of rotatable bonds is 2. The van der Waals surface area contributed by atoms with Gasteiger partial charge in [-0.3, -0.25) is 4.79 Å². The number of ketones is 1. The van der Waals surface area contributed by atoms with E-state index in [0.29, 0.717) is 54.1 Å². The second-order valence-corrected chi connectivity index (χ2v) is 10.3. The van der Waals surface area contributed by atoms with Crippen molar-refractivity contribution in [2.45, 2.75) is 63.9 Å². The van der Waals surface area contributed by atoms with Gasteiger partial charge < -0.3 is 9.84 Å². The largest absolute Gasteiger partial charge is 0.451 e. The third kappa shape index (κ3) is 1.91. The number of hydrogen-bond acceptors (Lipinski definition) is 4. The van der Waals surface area contributed by atoms with Gasteiger partial charge in [-0.25, -0.2) is 4.79 Å². The molecule has 4 nitrogen and oxygen atoms in total. The molecule has 0 bridgehead atoms. The van der Waals surface area contributed by atoms with E-state index in [1.54, 1.807) is 6.08 Å². The zero-order chi connectivity index (χ0) is 19.3. The summed E-state index contributed by atoms with van der Waals surface area (Å²) in [6.07, 6.45) is 11.5. The van der Waals surface area contributed by atoms with Crippen LogP contribution in [0.3, 0.4) is 0 Å². The number of carbonyl (C=O) groups is 2. The fourth-order valence-electron chi connectivity index (χ4n) is 8.86. The van der Waals surface area contributed by atoms with Crippen LogP contribution in [0, 0.1) is 40.9 Å². The third-order valence-electron chi connectivity index (χ3n) is 9.78. The monoisotopic (exact) mass is 382 g/mol. The molecule has 0 amide bonds. The Morgan fingerprint density at radius 2 is 2.07 bits per heavy atom. The van der Waals surface area contributed by atoms with Crippen molar-refractivity contribution in [2.24, 2.45) is 40.9 Å². The van der Waals surface area contributed by atoms with Crippen molar-refractivity contribution in [1.82, 2.24) is 0 Å². The summed E-state index contributed by atoms with van der Waals surface area (Å²) in [6, 6.07) is 0. The molecule has 1 heterocycles. The van der Waals surface area contributed by atoms with Crippen molar-refractivity contribution in [3.63, 3.8) is 0 Å². The number of carbonyl (C=O) groups excluding carboxylic acids is 2. The quantitative estimate of drug-likeness (QED) is 0.586. The number of allylic oxidation sites excluding steroid dienone is 1. The van der Waals surface area contributed by atoms with Gasteiger partial charge >= 0.3 is 5.97 Å². The number of Topliss-reactive ketones (excluding diaryl/α,β-unsaturated/α-hetero) is 1. The maximum absolute atomic E-state index is 12.1. The highest BCUT2D eigenvalue weighted by Crippen LogP contribution is 2.78. The van der Waals surface area contributed by atoms with E-state index in [2.05, 4.69) is 13.0 Å². The smallest absolute Gasteiger partial charge is 0.331 e. The Morgan fingerprint density at radius 3 is 2.79 bits per heavy atom. The van der Waals surface area contributed by atoms with E-state index in [4.69, 9.17) is 4.74 Å². The molecule has 1 aliphatic heterocycles. The van der Waals surface area contributed by atoms with Gasteiger partial charge in [0, 0.05) is 30.3 Å². The molecule has 1 N–H and O–H groups in total. The van der Waals surface area contributed by atoms with Crippen LogP contribution in [0.25, 0.3) is 0 Å². The Hall–Kier alpha value is -1.42. The molecule has 0 radical (unpaired) electrons. The van der Waals surface area contributed by atoms with Crippen LogP contribution in [-0.2, 0) is 14.3 Å². The van der Waals surface area contributed by atoms with E-state index in [0.717, 1.165) is 31.3 Å². The van der Waals surface area contributed by atoms with E-state index in [9.17, 15) is 14.7 Å². The molecule has 4 heteroatoms. The summed E-state index contributed by atoms with van der Waals surface area (Å²) >= 11 is 0. The Labute approximate surface area is 166 Å². The van der Waals surface area contributed by atoms with Gasteiger partial charge in [0.15, 0.2) is 0 Å². The van der Waals surface area contributed by atoms with Gasteiger partial charge in [-0.15, -0.1) is 0 Å². The van der Waals surface area contributed by atoms with E-state index in [-0.39, 0.29) is 23.6 Å². The van der Waals surface area contributed by atoms with Gasteiger partial charge in [0.1, 0.15) is 11.4 Å². The second-order valence-electron chi connectivity index (χ2n) is 10.3. The lowest BCUT2D eigenvalue weighted by Crippen LogP contribution is -2.56. The van der Waals surface area contributed by atoms with Crippen LogP contribution in [0.15, 0.2) is 23.3 Å². The van der Waals surface area contributed by atoms with Crippen molar-refractivity contribution in [1.29, 1.82) is 0 Å². The standard InChI is InChI=1S/C24H30O4/c1-2-23-7-5-16-15-4-3-14(26)10-17(15)13(12-25)9-18(16)22(23)19-11-20(19)24(23)8-6-21(27)28-24/h6,8,15-16,18-20,22,25H,2-5,7,9-12H2,1H3/t15-,16-,18-,19-,20+,22-,23+,24+/m1/s1. The predicted octanol–water partition coefficient (Wildman–Crippen LogP) is 3.59. The topological polar surface area (TPSA) is 63.6 Å². The van der Waals surface area contributed by atoms with Gasteiger partial charge in [0.25, 0.3) is 0 Å². The highest BCUT2D eigenvalue weighted by atomic mass is 16.6. The van der Waals surface area contributed by atoms with Crippen molar-refractivity contribution in [3.05, 3.63) is 23.3 Å². The lowest BCUT2D eigenvalue weighted by Gasteiger charge is -2.58. The van der Waals surface area contributed by atoms with Crippen molar-refractivity contribution >= 4 is 11.8 Å². The third-order valence-corrected chi connectivity index (χ3v) is 9.78. The van der Waals surface area contributed by atoms with Crippen LogP contribution >= 0.6 is 0 Å². The molecule has 0 unspecified atom stereocenters. The second kappa shape index (κ2) is 5.59. The van der Waals surface area contributed by atoms with E-state index in [1.807, 2.05) is 0 Å². The van der Waals surface area contributed by atoms with Crippen LogP contribution in [0.1, 0.15) is 58.3 Å². The van der Waals surface area contributed by atoms with E-state index < -0.39 is 0 Å². The number of esters is 1. The number of aliphatic hydroxyl groups is 1. The average Bonchev–Trinajstić information content (AvgIpc) is 3.34.